The van der Waals surface area contributed by atoms with Crippen LogP contribution in [-0.4, -0.2) is 47.4 Å². The fourth-order valence-electron chi connectivity index (χ4n) is 2.18. The Morgan fingerprint density at radius 1 is 1.52 bits per heavy atom. The van der Waals surface area contributed by atoms with Gasteiger partial charge in [0.2, 0.25) is 0 Å². The second kappa shape index (κ2) is 6.20. The molecule has 7 nitrogen and oxygen atoms in total. The fraction of sp³-hybridized carbons (Fsp3) is 0.583. The van der Waals surface area contributed by atoms with Gasteiger partial charge in [-0.3, -0.25) is 4.79 Å². The summed E-state index contributed by atoms with van der Waals surface area (Å²) in [6.45, 7) is 1.97. The molecule has 0 aliphatic carbocycles. The smallest absolute Gasteiger partial charge is 0.263 e. The van der Waals surface area contributed by atoms with Crippen molar-refractivity contribution < 1.29 is 17.9 Å². The molecule has 118 valence electrons. The molecule has 0 spiro atoms. The third kappa shape index (κ3) is 3.47. The van der Waals surface area contributed by atoms with E-state index in [1.165, 1.54) is 7.05 Å². The summed E-state index contributed by atoms with van der Waals surface area (Å²) in [5.74, 6) is -0.0520. The van der Waals surface area contributed by atoms with E-state index in [1.54, 1.807) is 0 Å². The topological polar surface area (TPSA) is 111 Å². The average molecular weight is 333 g/mol. The van der Waals surface area contributed by atoms with Gasteiger partial charge in [0.25, 0.3) is 5.91 Å². The van der Waals surface area contributed by atoms with Crippen LogP contribution in [0.2, 0.25) is 0 Å². The van der Waals surface area contributed by atoms with Crippen molar-refractivity contribution in [3.63, 3.8) is 0 Å². The molecule has 1 aromatic rings. The Morgan fingerprint density at radius 2 is 2.24 bits per heavy atom. The Bertz CT molecular complexity index is 633. The fourth-order valence-corrected chi connectivity index (χ4v) is 4.70. The molecule has 1 unspecified atom stereocenters. The van der Waals surface area contributed by atoms with Gasteiger partial charge in [-0.15, -0.1) is 11.3 Å². The predicted molar refractivity (Wildman–Crippen MR) is 82.6 cm³/mol. The van der Waals surface area contributed by atoms with Gasteiger partial charge in [0.05, 0.1) is 12.3 Å². The Kier molecular flexibility index (Phi) is 4.74. The number of anilines is 2. The molecule has 1 saturated heterocycles. The van der Waals surface area contributed by atoms with Crippen LogP contribution in [0.3, 0.4) is 0 Å². The Hall–Kier alpha value is -1.32. The first-order valence-corrected chi connectivity index (χ1v) is 9.21. The number of thiophene rings is 1. The summed E-state index contributed by atoms with van der Waals surface area (Å²) in [7, 11) is -2.04. The van der Waals surface area contributed by atoms with E-state index in [4.69, 9.17) is 10.5 Å². The molecule has 1 aliphatic heterocycles. The van der Waals surface area contributed by atoms with Gasteiger partial charge in [-0.2, -0.15) is 0 Å². The van der Waals surface area contributed by atoms with Crippen LogP contribution >= 0.6 is 11.3 Å². The van der Waals surface area contributed by atoms with Gasteiger partial charge in [0.1, 0.15) is 14.8 Å². The van der Waals surface area contributed by atoms with Gasteiger partial charge in [-0.05, 0) is 6.42 Å². The van der Waals surface area contributed by atoms with E-state index in [1.807, 2.05) is 0 Å². The quantitative estimate of drug-likeness (QED) is 0.725. The summed E-state index contributed by atoms with van der Waals surface area (Å²) in [5, 5.41) is 5.98. The van der Waals surface area contributed by atoms with Crippen molar-refractivity contribution in [3.05, 3.63) is 4.88 Å². The number of sulfone groups is 1. The molecule has 2 heterocycles. The van der Waals surface area contributed by atoms with Crippen LogP contribution in [0.15, 0.2) is 4.90 Å². The van der Waals surface area contributed by atoms with Crippen molar-refractivity contribution in [2.75, 3.05) is 44.1 Å². The molecule has 0 aromatic carbocycles. The number of rotatable bonds is 5. The highest BCUT2D eigenvalue weighted by Gasteiger charge is 2.27. The van der Waals surface area contributed by atoms with Crippen molar-refractivity contribution in [2.45, 2.75) is 11.3 Å². The SMILES string of the molecule is CNC(=O)c1sc(NCC2CCOC2)c(S(C)(=O)=O)c1N. The Morgan fingerprint density at radius 3 is 2.76 bits per heavy atom. The van der Waals surface area contributed by atoms with E-state index in [2.05, 4.69) is 10.6 Å². The van der Waals surface area contributed by atoms with Crippen molar-refractivity contribution in [3.8, 4) is 0 Å². The van der Waals surface area contributed by atoms with Crippen molar-refractivity contribution in [1.82, 2.24) is 5.32 Å². The minimum atomic E-state index is -3.52. The lowest BCUT2D eigenvalue weighted by atomic mass is 10.1. The minimum Gasteiger partial charge on any atom is -0.396 e. The van der Waals surface area contributed by atoms with Crippen LogP contribution in [0, 0.1) is 5.92 Å². The molecular weight excluding hydrogens is 314 g/mol. The zero-order valence-electron chi connectivity index (χ0n) is 11.9. The molecular formula is C12H19N3O4S2. The number of carbonyl (C=O) groups is 1. The maximum atomic E-state index is 11.9. The van der Waals surface area contributed by atoms with Crippen LogP contribution in [-0.2, 0) is 14.6 Å². The molecule has 1 aromatic heterocycles. The van der Waals surface area contributed by atoms with E-state index in [0.29, 0.717) is 24.1 Å². The lowest BCUT2D eigenvalue weighted by molar-refractivity contribution is 0.0968. The van der Waals surface area contributed by atoms with E-state index < -0.39 is 9.84 Å². The molecule has 1 atom stereocenters. The highest BCUT2D eigenvalue weighted by atomic mass is 32.2. The van der Waals surface area contributed by atoms with Crippen LogP contribution < -0.4 is 16.4 Å². The Labute approximate surface area is 127 Å². The van der Waals surface area contributed by atoms with Crippen LogP contribution in [0.1, 0.15) is 16.1 Å². The van der Waals surface area contributed by atoms with Gasteiger partial charge >= 0.3 is 0 Å². The second-order valence-electron chi connectivity index (χ2n) is 4.96. The van der Waals surface area contributed by atoms with Gasteiger partial charge in [0, 0.05) is 32.4 Å². The molecule has 1 amide bonds. The van der Waals surface area contributed by atoms with Gasteiger partial charge in [-0.25, -0.2) is 8.42 Å². The average Bonchev–Trinajstić information content (AvgIpc) is 3.02. The number of nitrogens with one attached hydrogen (secondary N) is 2. The number of hydrogen-bond donors (Lipinski definition) is 3. The third-order valence-corrected chi connectivity index (χ3v) is 5.74. The van der Waals surface area contributed by atoms with Gasteiger partial charge < -0.3 is 21.1 Å². The summed E-state index contributed by atoms with van der Waals surface area (Å²) in [4.78, 5) is 12.0. The van der Waals surface area contributed by atoms with E-state index in [-0.39, 0.29) is 21.4 Å². The second-order valence-corrected chi connectivity index (χ2v) is 7.94. The first kappa shape index (κ1) is 16.1. The minimum absolute atomic E-state index is 0.00464. The normalized spacial score (nSPS) is 18.7. The van der Waals surface area contributed by atoms with Gasteiger partial charge in [0.15, 0.2) is 9.84 Å². The molecule has 0 bridgehead atoms. The molecule has 2 rings (SSSR count). The number of nitrogen functional groups attached to an aromatic ring is 1. The molecule has 21 heavy (non-hydrogen) atoms. The zero-order chi connectivity index (χ0) is 15.6. The Balaban J connectivity index is 2.31. The summed E-state index contributed by atoms with van der Waals surface area (Å²) in [6, 6.07) is 0. The lowest BCUT2D eigenvalue weighted by Gasteiger charge is -2.10. The van der Waals surface area contributed by atoms with Crippen molar-refractivity contribution in [1.29, 1.82) is 0 Å². The van der Waals surface area contributed by atoms with Crippen LogP contribution in [0.25, 0.3) is 0 Å². The molecule has 1 aliphatic rings. The van der Waals surface area contributed by atoms with Crippen molar-refractivity contribution in [2.24, 2.45) is 5.92 Å². The molecule has 0 radical (unpaired) electrons. The summed E-state index contributed by atoms with van der Waals surface area (Å²) in [5.41, 5.74) is 5.86. The largest absolute Gasteiger partial charge is 0.396 e. The monoisotopic (exact) mass is 333 g/mol. The van der Waals surface area contributed by atoms with E-state index in [9.17, 15) is 13.2 Å². The molecule has 9 heteroatoms. The maximum Gasteiger partial charge on any atom is 0.263 e. The first-order chi connectivity index (χ1) is 9.84. The molecule has 4 N–H and O–H groups in total. The highest BCUT2D eigenvalue weighted by molar-refractivity contribution is 7.91. The lowest BCUT2D eigenvalue weighted by Crippen LogP contribution is -2.18. The summed E-state index contributed by atoms with van der Waals surface area (Å²) < 4.78 is 29.1. The van der Waals surface area contributed by atoms with Crippen molar-refractivity contribution >= 4 is 37.8 Å². The number of nitrogens with two attached hydrogens (primary N) is 1. The number of ether oxygens (including phenoxy) is 1. The first-order valence-electron chi connectivity index (χ1n) is 6.50. The third-order valence-electron chi connectivity index (χ3n) is 3.28. The van der Waals surface area contributed by atoms with Gasteiger partial charge in [-0.1, -0.05) is 0 Å². The van der Waals surface area contributed by atoms with Crippen LogP contribution in [0.5, 0.6) is 0 Å². The molecule has 1 fully saturated rings. The maximum absolute atomic E-state index is 11.9. The number of hydrogen-bond acceptors (Lipinski definition) is 7. The standard InChI is InChI=1S/C12H19N3O4S2/c1-14-11(16)9-8(13)10(21(2,17)18)12(20-9)15-5-7-3-4-19-6-7/h7,15H,3-6,13H2,1-2H3,(H,14,16). The highest BCUT2D eigenvalue weighted by Crippen LogP contribution is 2.39. The summed E-state index contributed by atoms with van der Waals surface area (Å²) in [6.07, 6.45) is 2.02. The van der Waals surface area contributed by atoms with Crippen LogP contribution in [0.4, 0.5) is 10.7 Å². The predicted octanol–water partition coefficient (Wildman–Crippen LogP) is 0.542. The zero-order valence-corrected chi connectivity index (χ0v) is 13.6. The molecule has 0 saturated carbocycles. The number of amides is 1. The number of carbonyl (C=O) groups excluding carboxylic acids is 1. The summed E-state index contributed by atoms with van der Waals surface area (Å²) >= 11 is 1.06. The van der Waals surface area contributed by atoms with E-state index >= 15 is 0 Å². The van der Waals surface area contributed by atoms with E-state index in [0.717, 1.165) is 30.6 Å².